The van der Waals surface area contributed by atoms with Crippen molar-refractivity contribution in [2.45, 2.75) is 13.8 Å². The number of nitrogens with zero attached hydrogens (tertiary/aromatic N) is 1. The van der Waals surface area contributed by atoms with Crippen molar-refractivity contribution in [2.24, 2.45) is 5.10 Å². The molecule has 132 valence electrons. The summed E-state index contributed by atoms with van der Waals surface area (Å²) < 4.78 is 1.20. The van der Waals surface area contributed by atoms with Crippen molar-refractivity contribution in [3.8, 4) is 0 Å². The number of halogens is 1. The number of carbonyl (C=O) groups excluding carboxylic acids is 1. The van der Waals surface area contributed by atoms with Gasteiger partial charge in [-0.05, 0) is 82.6 Å². The van der Waals surface area contributed by atoms with Gasteiger partial charge in [0.2, 0.25) is 0 Å². The number of fused-ring (bicyclic) bond motifs is 1. The van der Waals surface area contributed by atoms with Crippen LogP contribution in [0.5, 0.6) is 0 Å². The van der Waals surface area contributed by atoms with Crippen LogP contribution in [0.1, 0.15) is 18.1 Å². The number of anilines is 1. The number of hydrogen-bond acceptors (Lipinski definition) is 3. The van der Waals surface area contributed by atoms with Crippen LogP contribution in [0.3, 0.4) is 0 Å². The lowest BCUT2D eigenvalue weighted by atomic mass is 10.0. The molecule has 0 saturated carbocycles. The lowest BCUT2D eigenvalue weighted by Gasteiger charge is -2.08. The molecule has 3 aromatic carbocycles. The standard InChI is InChI=1S/C21H20IN3O/c1-14-11-19(9-10-20(14)22)23-13-21(26)25-24-15(2)17-8-7-16-5-3-4-6-18(16)12-17/h3-12,23H,13H2,1-2H3,(H,25,26). The molecule has 0 bridgehead atoms. The highest BCUT2D eigenvalue weighted by Gasteiger charge is 2.04. The molecule has 0 unspecified atom stereocenters. The summed E-state index contributed by atoms with van der Waals surface area (Å²) in [7, 11) is 0. The first-order valence-electron chi connectivity index (χ1n) is 8.35. The van der Waals surface area contributed by atoms with Gasteiger partial charge in [-0.25, -0.2) is 5.43 Å². The average Bonchev–Trinajstić information content (AvgIpc) is 2.66. The van der Waals surface area contributed by atoms with Crippen molar-refractivity contribution >= 4 is 50.7 Å². The zero-order chi connectivity index (χ0) is 18.5. The predicted molar refractivity (Wildman–Crippen MR) is 117 cm³/mol. The SMILES string of the molecule is CC(=NNC(=O)CNc1ccc(I)c(C)c1)c1ccc2ccccc2c1. The molecule has 0 atom stereocenters. The second-order valence-electron chi connectivity index (χ2n) is 6.11. The van der Waals surface area contributed by atoms with Gasteiger partial charge in [0.25, 0.3) is 5.91 Å². The number of benzene rings is 3. The van der Waals surface area contributed by atoms with Crippen LogP contribution in [0.4, 0.5) is 5.69 Å². The summed E-state index contributed by atoms with van der Waals surface area (Å²) >= 11 is 2.29. The molecule has 5 heteroatoms. The van der Waals surface area contributed by atoms with E-state index in [9.17, 15) is 4.79 Å². The second kappa shape index (κ2) is 8.31. The molecule has 0 spiro atoms. The van der Waals surface area contributed by atoms with Gasteiger partial charge in [0.15, 0.2) is 0 Å². The van der Waals surface area contributed by atoms with Crippen molar-refractivity contribution in [1.29, 1.82) is 0 Å². The van der Waals surface area contributed by atoms with Crippen LogP contribution in [0.15, 0.2) is 65.8 Å². The van der Waals surface area contributed by atoms with Gasteiger partial charge in [0.05, 0.1) is 12.3 Å². The molecule has 1 amide bonds. The van der Waals surface area contributed by atoms with Crippen LogP contribution in [-0.4, -0.2) is 18.2 Å². The van der Waals surface area contributed by atoms with Crippen molar-refractivity contribution in [3.05, 3.63) is 75.4 Å². The average molecular weight is 457 g/mol. The Hall–Kier alpha value is -2.41. The molecule has 0 aromatic heterocycles. The molecule has 0 aliphatic carbocycles. The number of rotatable bonds is 5. The molecule has 0 aliphatic heterocycles. The third-order valence-corrected chi connectivity index (χ3v) is 5.34. The van der Waals surface area contributed by atoms with Crippen molar-refractivity contribution in [3.63, 3.8) is 0 Å². The third kappa shape index (κ3) is 4.60. The van der Waals surface area contributed by atoms with Crippen molar-refractivity contribution in [1.82, 2.24) is 5.43 Å². The summed E-state index contributed by atoms with van der Waals surface area (Å²) in [5.74, 6) is -0.179. The van der Waals surface area contributed by atoms with Crippen LogP contribution in [0.2, 0.25) is 0 Å². The van der Waals surface area contributed by atoms with Crippen LogP contribution in [0, 0.1) is 10.5 Å². The first-order valence-corrected chi connectivity index (χ1v) is 9.43. The largest absolute Gasteiger partial charge is 0.376 e. The van der Waals surface area contributed by atoms with E-state index in [1.807, 2.05) is 50.2 Å². The van der Waals surface area contributed by atoms with Gasteiger partial charge >= 0.3 is 0 Å². The lowest BCUT2D eigenvalue weighted by molar-refractivity contribution is -0.119. The van der Waals surface area contributed by atoms with Gasteiger partial charge in [-0.2, -0.15) is 5.10 Å². The molecule has 4 nitrogen and oxygen atoms in total. The van der Waals surface area contributed by atoms with Crippen LogP contribution in [-0.2, 0) is 4.79 Å². The fourth-order valence-corrected chi connectivity index (χ4v) is 2.94. The summed E-state index contributed by atoms with van der Waals surface area (Å²) in [6.45, 7) is 4.11. The van der Waals surface area contributed by atoms with E-state index >= 15 is 0 Å². The Bertz CT molecular complexity index is 982. The Morgan fingerprint density at radius 3 is 2.58 bits per heavy atom. The maximum absolute atomic E-state index is 12.0. The van der Waals surface area contributed by atoms with E-state index in [-0.39, 0.29) is 12.5 Å². The molecule has 26 heavy (non-hydrogen) atoms. The Balaban J connectivity index is 1.60. The van der Waals surface area contributed by atoms with E-state index in [0.717, 1.165) is 22.3 Å². The van der Waals surface area contributed by atoms with Gasteiger partial charge in [-0.1, -0.05) is 36.4 Å². The summed E-state index contributed by atoms with van der Waals surface area (Å²) in [5.41, 5.74) is 6.48. The van der Waals surface area contributed by atoms with Crippen LogP contribution in [0.25, 0.3) is 10.8 Å². The zero-order valence-electron chi connectivity index (χ0n) is 14.7. The van der Waals surface area contributed by atoms with Gasteiger partial charge in [-0.15, -0.1) is 0 Å². The quantitative estimate of drug-likeness (QED) is 0.332. The van der Waals surface area contributed by atoms with E-state index in [1.165, 1.54) is 14.5 Å². The minimum atomic E-state index is -0.179. The van der Waals surface area contributed by atoms with Gasteiger partial charge in [-0.3, -0.25) is 4.79 Å². The zero-order valence-corrected chi connectivity index (χ0v) is 16.9. The van der Waals surface area contributed by atoms with Crippen molar-refractivity contribution in [2.75, 3.05) is 11.9 Å². The summed E-state index contributed by atoms with van der Waals surface area (Å²) in [6.07, 6.45) is 0. The minimum absolute atomic E-state index is 0.175. The maximum Gasteiger partial charge on any atom is 0.259 e. The number of hydrazone groups is 1. The topological polar surface area (TPSA) is 53.5 Å². The normalized spacial score (nSPS) is 11.4. The van der Waals surface area contributed by atoms with Gasteiger partial charge < -0.3 is 5.32 Å². The van der Waals surface area contributed by atoms with E-state index in [1.54, 1.807) is 0 Å². The van der Waals surface area contributed by atoms with E-state index in [2.05, 4.69) is 62.7 Å². The molecular formula is C21H20IN3O. The number of hydrogen-bond donors (Lipinski definition) is 2. The monoisotopic (exact) mass is 457 g/mol. The molecule has 0 fully saturated rings. The Labute approximate surface area is 166 Å². The first-order chi connectivity index (χ1) is 12.5. The Kier molecular flexibility index (Phi) is 5.88. The Morgan fingerprint density at radius 1 is 1.04 bits per heavy atom. The van der Waals surface area contributed by atoms with E-state index in [4.69, 9.17) is 0 Å². The number of aryl methyl sites for hydroxylation is 1. The van der Waals surface area contributed by atoms with E-state index < -0.39 is 0 Å². The third-order valence-electron chi connectivity index (χ3n) is 4.13. The number of carbonyl (C=O) groups is 1. The maximum atomic E-state index is 12.0. The number of nitrogens with one attached hydrogen (secondary N) is 2. The second-order valence-corrected chi connectivity index (χ2v) is 7.27. The highest BCUT2D eigenvalue weighted by molar-refractivity contribution is 14.1. The predicted octanol–water partition coefficient (Wildman–Crippen LogP) is 4.71. The highest BCUT2D eigenvalue weighted by Crippen LogP contribution is 2.17. The van der Waals surface area contributed by atoms with Crippen molar-refractivity contribution < 1.29 is 4.79 Å². The number of amides is 1. The molecule has 3 rings (SSSR count). The van der Waals surface area contributed by atoms with Crippen LogP contribution < -0.4 is 10.7 Å². The van der Waals surface area contributed by atoms with Gasteiger partial charge in [0.1, 0.15) is 0 Å². The minimum Gasteiger partial charge on any atom is -0.376 e. The fraction of sp³-hybridized carbons (Fsp3) is 0.143. The highest BCUT2D eigenvalue weighted by atomic mass is 127. The fourth-order valence-electron chi connectivity index (χ4n) is 2.60. The summed E-state index contributed by atoms with van der Waals surface area (Å²) in [6, 6.07) is 20.3. The lowest BCUT2D eigenvalue weighted by Crippen LogP contribution is -2.26. The molecule has 3 aromatic rings. The molecule has 0 aliphatic rings. The Morgan fingerprint density at radius 2 is 1.81 bits per heavy atom. The molecule has 0 heterocycles. The smallest absolute Gasteiger partial charge is 0.259 e. The summed E-state index contributed by atoms with van der Waals surface area (Å²) in [4.78, 5) is 12.0. The molecule has 2 N–H and O–H groups in total. The van der Waals surface area contributed by atoms with Gasteiger partial charge in [0, 0.05) is 9.26 Å². The molecule has 0 saturated heterocycles. The van der Waals surface area contributed by atoms with Crippen LogP contribution >= 0.6 is 22.6 Å². The first kappa shape index (κ1) is 18.4. The summed E-state index contributed by atoms with van der Waals surface area (Å²) in [5, 5.41) is 9.68. The molecular weight excluding hydrogens is 437 g/mol. The van der Waals surface area contributed by atoms with E-state index in [0.29, 0.717) is 0 Å². The molecule has 0 radical (unpaired) electrons.